The highest BCUT2D eigenvalue weighted by atomic mass is 35.5. The van der Waals surface area contributed by atoms with E-state index in [1.165, 1.54) is 0 Å². The van der Waals surface area contributed by atoms with Gasteiger partial charge in [-0.3, -0.25) is 4.90 Å². The van der Waals surface area contributed by atoms with Crippen molar-refractivity contribution >= 4 is 23.1 Å². The van der Waals surface area contributed by atoms with Crippen LogP contribution in [0.25, 0.3) is 0 Å². The normalized spacial score (nSPS) is 21.1. The summed E-state index contributed by atoms with van der Waals surface area (Å²) in [6, 6.07) is 7.68. The summed E-state index contributed by atoms with van der Waals surface area (Å²) in [7, 11) is 0. The average Bonchev–Trinajstić information content (AvgIpc) is 2.58. The number of halogens is 1. The Morgan fingerprint density at radius 3 is 2.18 bits per heavy atom. The molecule has 0 radical (unpaired) electrons. The lowest BCUT2D eigenvalue weighted by Crippen LogP contribution is -2.48. The molecule has 2 aliphatic heterocycles. The minimum Gasteiger partial charge on any atom is -0.379 e. The van der Waals surface area contributed by atoms with E-state index in [4.69, 9.17) is 26.1 Å². The Hall–Kier alpha value is -1.14. The minimum atomic E-state index is 0.736. The van der Waals surface area contributed by atoms with E-state index in [1.807, 2.05) is 24.3 Å². The van der Waals surface area contributed by atoms with Crippen molar-refractivity contribution in [2.24, 2.45) is 4.99 Å². The van der Waals surface area contributed by atoms with Crippen LogP contribution >= 0.6 is 11.6 Å². The third kappa shape index (κ3) is 4.43. The molecule has 0 atom stereocenters. The molecule has 2 fully saturated rings. The van der Waals surface area contributed by atoms with E-state index < -0.39 is 0 Å². The zero-order valence-electron chi connectivity index (χ0n) is 12.7. The maximum Gasteiger partial charge on any atom is 0.119 e. The Bertz CT molecular complexity index is 495. The summed E-state index contributed by atoms with van der Waals surface area (Å²) in [5.74, 6) is 1.10. The fourth-order valence-corrected chi connectivity index (χ4v) is 2.78. The van der Waals surface area contributed by atoms with Gasteiger partial charge in [-0.25, -0.2) is 4.99 Å². The molecule has 0 amide bonds. The molecule has 2 heterocycles. The largest absolute Gasteiger partial charge is 0.379 e. The van der Waals surface area contributed by atoms with Crippen LogP contribution in [0.4, 0.5) is 5.69 Å². The first-order chi connectivity index (χ1) is 10.8. The van der Waals surface area contributed by atoms with E-state index in [0.29, 0.717) is 0 Å². The number of morpholine rings is 2. The van der Waals surface area contributed by atoms with E-state index >= 15 is 0 Å². The average molecular weight is 324 g/mol. The van der Waals surface area contributed by atoms with E-state index in [2.05, 4.69) is 9.80 Å². The minimum absolute atomic E-state index is 0.736. The van der Waals surface area contributed by atoms with Crippen LogP contribution in [0.1, 0.15) is 0 Å². The number of hydrogen-bond acceptors (Lipinski definition) is 4. The maximum absolute atomic E-state index is 5.95. The lowest BCUT2D eigenvalue weighted by molar-refractivity contribution is 0.0403. The van der Waals surface area contributed by atoms with Crippen LogP contribution < -0.4 is 0 Å². The van der Waals surface area contributed by atoms with Gasteiger partial charge in [0.1, 0.15) is 5.84 Å². The van der Waals surface area contributed by atoms with Crippen LogP contribution in [0.15, 0.2) is 29.3 Å². The highest BCUT2D eigenvalue weighted by Gasteiger charge is 2.19. The Morgan fingerprint density at radius 2 is 1.55 bits per heavy atom. The Kier molecular flexibility index (Phi) is 5.67. The van der Waals surface area contributed by atoms with Gasteiger partial charge in [0.25, 0.3) is 0 Å². The van der Waals surface area contributed by atoms with Crippen molar-refractivity contribution in [2.45, 2.75) is 0 Å². The molecule has 0 spiro atoms. The predicted octanol–water partition coefficient (Wildman–Crippen LogP) is 2.03. The van der Waals surface area contributed by atoms with Crippen LogP contribution in [-0.2, 0) is 9.47 Å². The fraction of sp³-hybridized carbons (Fsp3) is 0.562. The van der Waals surface area contributed by atoms with E-state index in [0.717, 1.165) is 75.7 Å². The van der Waals surface area contributed by atoms with Crippen molar-refractivity contribution < 1.29 is 9.47 Å². The lowest BCUT2D eigenvalue weighted by atomic mass is 10.3. The molecule has 5 nitrogen and oxygen atoms in total. The lowest BCUT2D eigenvalue weighted by Gasteiger charge is -2.34. The molecule has 1 aromatic carbocycles. The number of hydrogen-bond donors (Lipinski definition) is 0. The third-order valence-corrected chi connectivity index (χ3v) is 4.18. The number of ether oxygens (including phenoxy) is 2. The first-order valence-corrected chi connectivity index (χ1v) is 8.15. The molecule has 6 heteroatoms. The Balaban J connectivity index is 1.76. The zero-order valence-corrected chi connectivity index (χ0v) is 13.5. The van der Waals surface area contributed by atoms with Gasteiger partial charge >= 0.3 is 0 Å². The summed E-state index contributed by atoms with van der Waals surface area (Å²) < 4.78 is 10.9. The fourth-order valence-electron chi connectivity index (χ4n) is 2.65. The second-order valence-electron chi connectivity index (χ2n) is 5.49. The number of benzene rings is 1. The molecule has 0 unspecified atom stereocenters. The monoisotopic (exact) mass is 323 g/mol. The van der Waals surface area contributed by atoms with Crippen LogP contribution in [-0.4, -0.2) is 74.8 Å². The molecule has 0 aliphatic carbocycles. The molecule has 2 saturated heterocycles. The number of aliphatic imine (C=N–C) groups is 1. The second kappa shape index (κ2) is 7.92. The summed E-state index contributed by atoms with van der Waals surface area (Å²) >= 11 is 5.95. The molecule has 3 rings (SSSR count). The van der Waals surface area contributed by atoms with E-state index in [-0.39, 0.29) is 0 Å². The van der Waals surface area contributed by atoms with Crippen molar-refractivity contribution in [3.8, 4) is 0 Å². The Morgan fingerprint density at radius 1 is 0.955 bits per heavy atom. The highest BCUT2D eigenvalue weighted by molar-refractivity contribution is 6.30. The van der Waals surface area contributed by atoms with Crippen molar-refractivity contribution in [3.63, 3.8) is 0 Å². The second-order valence-corrected chi connectivity index (χ2v) is 5.93. The van der Waals surface area contributed by atoms with Gasteiger partial charge in [-0.15, -0.1) is 0 Å². The molecule has 0 bridgehead atoms. The van der Waals surface area contributed by atoms with Crippen molar-refractivity contribution in [1.29, 1.82) is 0 Å². The maximum atomic E-state index is 5.95. The predicted molar refractivity (Wildman–Crippen MR) is 88.2 cm³/mol. The van der Waals surface area contributed by atoms with Gasteiger partial charge in [-0.1, -0.05) is 11.6 Å². The van der Waals surface area contributed by atoms with Crippen LogP contribution in [0.3, 0.4) is 0 Å². The number of nitrogens with zero attached hydrogens (tertiary/aromatic N) is 3. The summed E-state index contributed by atoms with van der Waals surface area (Å²) in [5.41, 5.74) is 0.944. The van der Waals surface area contributed by atoms with Crippen molar-refractivity contribution in [1.82, 2.24) is 9.80 Å². The van der Waals surface area contributed by atoms with Gasteiger partial charge in [-0.2, -0.15) is 0 Å². The van der Waals surface area contributed by atoms with Gasteiger partial charge in [0.15, 0.2) is 0 Å². The van der Waals surface area contributed by atoms with Gasteiger partial charge < -0.3 is 14.4 Å². The molecule has 22 heavy (non-hydrogen) atoms. The van der Waals surface area contributed by atoms with Crippen LogP contribution in [0.5, 0.6) is 0 Å². The van der Waals surface area contributed by atoms with Gasteiger partial charge in [0.2, 0.25) is 0 Å². The molecule has 1 aromatic rings. The van der Waals surface area contributed by atoms with E-state index in [9.17, 15) is 0 Å². The van der Waals surface area contributed by atoms with Gasteiger partial charge in [-0.05, 0) is 24.3 Å². The first kappa shape index (κ1) is 15.7. The molecule has 120 valence electrons. The third-order valence-electron chi connectivity index (χ3n) is 3.93. The molecular weight excluding hydrogens is 302 g/mol. The van der Waals surface area contributed by atoms with Gasteiger partial charge in [0, 0.05) is 31.2 Å². The van der Waals surface area contributed by atoms with Crippen molar-refractivity contribution in [3.05, 3.63) is 29.3 Å². The van der Waals surface area contributed by atoms with Crippen molar-refractivity contribution in [2.75, 3.05) is 59.2 Å². The smallest absolute Gasteiger partial charge is 0.119 e. The van der Waals surface area contributed by atoms with Crippen LogP contribution in [0.2, 0.25) is 5.02 Å². The molecular formula is C16H22ClN3O2. The zero-order chi connectivity index (χ0) is 15.2. The summed E-state index contributed by atoms with van der Waals surface area (Å²) in [6.45, 7) is 7.72. The highest BCUT2D eigenvalue weighted by Crippen LogP contribution is 2.18. The molecule has 0 N–H and O–H groups in total. The quantitative estimate of drug-likeness (QED) is 0.630. The summed E-state index contributed by atoms with van der Waals surface area (Å²) in [6.07, 6.45) is 0. The first-order valence-electron chi connectivity index (χ1n) is 7.77. The number of amidine groups is 1. The summed E-state index contributed by atoms with van der Waals surface area (Å²) in [5, 5.41) is 0.736. The number of rotatable bonds is 3. The molecule has 2 aliphatic rings. The molecule has 0 aromatic heterocycles. The molecule has 0 saturated carbocycles. The van der Waals surface area contributed by atoms with Gasteiger partial charge in [0.05, 0.1) is 38.7 Å². The Labute approximate surface area is 136 Å². The standard InChI is InChI=1S/C16H22ClN3O2/c17-14-1-3-15(4-2-14)18-16(20-7-11-22-12-8-20)13-19-5-9-21-10-6-19/h1-4H,5-13H2. The van der Waals surface area contributed by atoms with E-state index in [1.54, 1.807) is 0 Å². The van der Waals surface area contributed by atoms with Crippen LogP contribution in [0, 0.1) is 0 Å². The topological polar surface area (TPSA) is 37.3 Å². The SMILES string of the molecule is Clc1ccc(N=C(CN2CCOCC2)N2CCOCC2)cc1. The summed E-state index contributed by atoms with van der Waals surface area (Å²) in [4.78, 5) is 9.59.